The molecule has 0 aliphatic heterocycles. The van der Waals surface area contributed by atoms with Crippen LogP contribution in [0.2, 0.25) is 0 Å². The van der Waals surface area contributed by atoms with Crippen LogP contribution in [0.15, 0.2) is 12.4 Å². The van der Waals surface area contributed by atoms with E-state index in [-0.39, 0.29) is 5.56 Å². The van der Waals surface area contributed by atoms with Gasteiger partial charge in [-0.15, -0.1) is 0 Å². The average molecular weight is 277 g/mol. The van der Waals surface area contributed by atoms with E-state index in [2.05, 4.69) is 9.47 Å². The number of carboxylic acids is 1. The molecule has 1 N–H and O–H groups in total. The van der Waals surface area contributed by atoms with Gasteiger partial charge in [-0.25, -0.2) is 4.79 Å². The Bertz CT molecular complexity index is 602. The van der Waals surface area contributed by atoms with E-state index >= 15 is 0 Å². The summed E-state index contributed by atoms with van der Waals surface area (Å²) in [6, 6.07) is 0. The summed E-state index contributed by atoms with van der Waals surface area (Å²) in [5.41, 5.74) is -1.50. The number of alkyl halides is 3. The van der Waals surface area contributed by atoms with Crippen LogP contribution >= 0.6 is 11.5 Å². The lowest BCUT2D eigenvalue weighted by Crippen LogP contribution is -2.11. The first-order chi connectivity index (χ1) is 8.30. The minimum atomic E-state index is -4.77. The summed E-state index contributed by atoms with van der Waals surface area (Å²) in [7, 11) is 1.54. The van der Waals surface area contributed by atoms with Crippen LogP contribution in [0.5, 0.6) is 0 Å². The molecule has 0 bridgehead atoms. The second-order valence-corrected chi connectivity index (χ2v) is 4.21. The lowest BCUT2D eigenvalue weighted by Gasteiger charge is -2.06. The second-order valence-electron chi connectivity index (χ2n) is 3.44. The predicted octanol–water partition coefficient (Wildman–Crippen LogP) is 2.26. The Morgan fingerprint density at radius 3 is 2.61 bits per heavy atom. The molecular weight excluding hydrogens is 271 g/mol. The van der Waals surface area contributed by atoms with E-state index in [4.69, 9.17) is 5.11 Å². The molecule has 0 saturated heterocycles. The van der Waals surface area contributed by atoms with Gasteiger partial charge in [-0.1, -0.05) is 0 Å². The third kappa shape index (κ3) is 2.08. The third-order valence-corrected chi connectivity index (χ3v) is 2.98. The summed E-state index contributed by atoms with van der Waals surface area (Å²) in [5, 5.41) is 12.5. The van der Waals surface area contributed by atoms with Crippen LogP contribution in [0.3, 0.4) is 0 Å². The highest BCUT2D eigenvalue weighted by molar-refractivity contribution is 7.08. The first-order valence-corrected chi connectivity index (χ1v) is 5.37. The summed E-state index contributed by atoms with van der Waals surface area (Å²) >= 11 is 0.309. The van der Waals surface area contributed by atoms with Crippen LogP contribution in [0.1, 0.15) is 15.2 Å². The van der Waals surface area contributed by atoms with Crippen LogP contribution in [-0.2, 0) is 13.2 Å². The predicted molar refractivity (Wildman–Crippen MR) is 56.3 cm³/mol. The molecule has 2 aromatic rings. The maximum atomic E-state index is 12.9. The second kappa shape index (κ2) is 4.09. The number of hydrogen-bond donors (Lipinski definition) is 1. The van der Waals surface area contributed by atoms with Gasteiger partial charge in [0.05, 0.1) is 6.20 Å². The van der Waals surface area contributed by atoms with Crippen molar-refractivity contribution in [3.63, 3.8) is 0 Å². The number of carboxylic acid groups (broad SMARTS) is 1. The number of aromatic carboxylic acids is 1. The molecule has 18 heavy (non-hydrogen) atoms. The van der Waals surface area contributed by atoms with Gasteiger partial charge in [-0.3, -0.25) is 4.68 Å². The maximum Gasteiger partial charge on any atom is 0.420 e. The van der Waals surface area contributed by atoms with E-state index in [1.54, 1.807) is 7.05 Å². The number of nitrogens with zero attached hydrogens (tertiary/aromatic N) is 3. The van der Waals surface area contributed by atoms with E-state index in [1.807, 2.05) is 0 Å². The smallest absolute Gasteiger partial charge is 0.420 e. The molecule has 2 rings (SSSR count). The molecule has 0 fully saturated rings. The van der Waals surface area contributed by atoms with E-state index < -0.39 is 28.3 Å². The van der Waals surface area contributed by atoms with Crippen LogP contribution in [0.25, 0.3) is 11.3 Å². The van der Waals surface area contributed by atoms with Gasteiger partial charge in [0.1, 0.15) is 16.1 Å². The summed E-state index contributed by atoms with van der Waals surface area (Å²) < 4.78 is 43.5. The zero-order chi connectivity index (χ0) is 13.5. The van der Waals surface area contributed by atoms with Crippen molar-refractivity contribution in [1.29, 1.82) is 0 Å². The molecule has 0 aliphatic carbocycles. The Balaban J connectivity index is 2.66. The highest BCUT2D eigenvalue weighted by atomic mass is 32.1. The van der Waals surface area contributed by atoms with Crippen molar-refractivity contribution in [3.8, 4) is 11.3 Å². The topological polar surface area (TPSA) is 68.0 Å². The molecule has 2 heterocycles. The Labute approximate surface area is 103 Å². The molecule has 9 heteroatoms. The molecule has 5 nitrogen and oxygen atoms in total. The highest BCUT2D eigenvalue weighted by Gasteiger charge is 2.41. The molecule has 0 atom stereocenters. The summed E-state index contributed by atoms with van der Waals surface area (Å²) in [6.45, 7) is 0. The Kier molecular flexibility index (Phi) is 2.85. The van der Waals surface area contributed by atoms with Gasteiger partial charge in [0.25, 0.3) is 0 Å². The fourth-order valence-electron chi connectivity index (χ4n) is 1.44. The minimum Gasteiger partial charge on any atom is -0.477 e. The van der Waals surface area contributed by atoms with Crippen molar-refractivity contribution in [2.75, 3.05) is 0 Å². The van der Waals surface area contributed by atoms with Gasteiger partial charge in [0.15, 0.2) is 0 Å². The van der Waals surface area contributed by atoms with Gasteiger partial charge in [0.2, 0.25) is 0 Å². The third-order valence-electron chi connectivity index (χ3n) is 2.15. The van der Waals surface area contributed by atoms with Crippen molar-refractivity contribution in [1.82, 2.24) is 14.2 Å². The van der Waals surface area contributed by atoms with Crippen LogP contribution in [0, 0.1) is 0 Å². The van der Waals surface area contributed by atoms with Crippen LogP contribution < -0.4 is 0 Å². The molecule has 0 radical (unpaired) electrons. The van der Waals surface area contributed by atoms with E-state index in [0.717, 1.165) is 0 Å². The fourth-order valence-corrected chi connectivity index (χ4v) is 2.20. The molecule has 0 aliphatic rings. The Morgan fingerprint density at radius 1 is 1.50 bits per heavy atom. The molecule has 0 aromatic carbocycles. The molecule has 2 aromatic heterocycles. The fraction of sp³-hybridized carbons (Fsp3) is 0.222. The number of carbonyl (C=O) groups is 1. The van der Waals surface area contributed by atoms with Gasteiger partial charge >= 0.3 is 12.1 Å². The molecule has 0 saturated carbocycles. The highest BCUT2D eigenvalue weighted by Crippen LogP contribution is 2.40. The number of hydrogen-bond acceptors (Lipinski definition) is 4. The normalized spacial score (nSPS) is 11.8. The summed E-state index contributed by atoms with van der Waals surface area (Å²) in [6.07, 6.45) is -2.22. The zero-order valence-corrected chi connectivity index (χ0v) is 9.71. The zero-order valence-electron chi connectivity index (χ0n) is 8.89. The van der Waals surface area contributed by atoms with Crippen molar-refractivity contribution in [2.45, 2.75) is 6.18 Å². The summed E-state index contributed by atoms with van der Waals surface area (Å²) in [4.78, 5) is 9.95. The number of halogens is 3. The lowest BCUT2D eigenvalue weighted by atomic mass is 10.1. The number of rotatable bonds is 2. The Hall–Kier alpha value is -1.90. The quantitative estimate of drug-likeness (QED) is 0.914. The largest absolute Gasteiger partial charge is 0.477 e. The van der Waals surface area contributed by atoms with Crippen molar-refractivity contribution in [3.05, 3.63) is 22.8 Å². The van der Waals surface area contributed by atoms with E-state index in [1.165, 1.54) is 17.1 Å². The maximum absolute atomic E-state index is 12.9. The van der Waals surface area contributed by atoms with Gasteiger partial charge in [-0.2, -0.15) is 22.6 Å². The number of aromatic nitrogens is 3. The minimum absolute atomic E-state index is 0.133. The number of aryl methyl sites for hydroxylation is 1. The standard InChI is InChI=1S/C9H6F3N3O2S/c1-15-3-4(2-13-15)6-5(9(10,11)12)7(8(16)17)18-14-6/h2-3H,1H3,(H,16,17). The summed E-state index contributed by atoms with van der Waals surface area (Å²) in [5.74, 6) is -1.64. The van der Waals surface area contributed by atoms with Crippen LogP contribution in [0.4, 0.5) is 13.2 Å². The SMILES string of the molecule is Cn1cc(-c2nsc(C(=O)O)c2C(F)(F)F)cn1. The van der Waals surface area contributed by atoms with Crippen molar-refractivity contribution in [2.24, 2.45) is 7.05 Å². The molecule has 96 valence electrons. The van der Waals surface area contributed by atoms with E-state index in [9.17, 15) is 18.0 Å². The van der Waals surface area contributed by atoms with Gasteiger partial charge in [0, 0.05) is 18.8 Å². The van der Waals surface area contributed by atoms with Gasteiger partial charge in [-0.05, 0) is 11.5 Å². The first kappa shape index (κ1) is 12.6. The monoisotopic (exact) mass is 277 g/mol. The first-order valence-electron chi connectivity index (χ1n) is 4.60. The molecule has 0 spiro atoms. The van der Waals surface area contributed by atoms with Crippen LogP contribution in [-0.4, -0.2) is 25.2 Å². The van der Waals surface area contributed by atoms with Crippen molar-refractivity contribution >= 4 is 17.5 Å². The average Bonchev–Trinajstić information content (AvgIpc) is 2.80. The molecule has 0 amide bonds. The molecular formula is C9H6F3N3O2S. The van der Waals surface area contributed by atoms with Gasteiger partial charge < -0.3 is 5.11 Å². The Morgan fingerprint density at radius 2 is 2.17 bits per heavy atom. The van der Waals surface area contributed by atoms with E-state index in [0.29, 0.717) is 11.5 Å². The molecule has 0 unspecified atom stereocenters. The lowest BCUT2D eigenvalue weighted by molar-refractivity contribution is -0.137. The van der Waals surface area contributed by atoms with Crippen molar-refractivity contribution < 1.29 is 23.1 Å².